The number of hydrogen-bond acceptors (Lipinski definition) is 1. The van der Waals surface area contributed by atoms with Crippen LogP contribution in [0.3, 0.4) is 0 Å². The standard InChI is InChI=1S/C21H26BrNO/c1-5-17-11-14(3)12-18(6-2)20(17)23-21(24)15(4)13-16-7-9-19(22)10-8-16/h7-12,15H,5-6,13H2,1-4H3,(H,23,24). The van der Waals surface area contributed by atoms with Gasteiger partial charge >= 0.3 is 0 Å². The van der Waals surface area contributed by atoms with Crippen LogP contribution in [0, 0.1) is 12.8 Å². The number of hydrogen-bond donors (Lipinski definition) is 1. The van der Waals surface area contributed by atoms with Crippen molar-refractivity contribution in [1.82, 2.24) is 0 Å². The first-order valence-electron chi connectivity index (χ1n) is 8.62. The van der Waals surface area contributed by atoms with Gasteiger partial charge in [0.1, 0.15) is 0 Å². The summed E-state index contributed by atoms with van der Waals surface area (Å²) in [6, 6.07) is 12.5. The first kappa shape index (κ1) is 18.7. The third-order valence-electron chi connectivity index (χ3n) is 4.36. The number of carbonyl (C=O) groups is 1. The predicted octanol–water partition coefficient (Wildman–Crippen LogP) is 5.70. The number of nitrogens with one attached hydrogen (secondary N) is 1. The van der Waals surface area contributed by atoms with Crippen LogP contribution in [0.15, 0.2) is 40.9 Å². The third kappa shape index (κ3) is 4.70. The number of benzene rings is 2. The monoisotopic (exact) mass is 387 g/mol. The Morgan fingerprint density at radius 3 is 2.12 bits per heavy atom. The minimum absolute atomic E-state index is 0.0677. The molecule has 0 saturated heterocycles. The molecule has 1 unspecified atom stereocenters. The van der Waals surface area contributed by atoms with E-state index < -0.39 is 0 Å². The fourth-order valence-electron chi connectivity index (χ4n) is 2.97. The van der Waals surface area contributed by atoms with Crippen molar-refractivity contribution in [3.8, 4) is 0 Å². The Labute approximate surface area is 153 Å². The van der Waals surface area contributed by atoms with Crippen molar-refractivity contribution >= 4 is 27.5 Å². The van der Waals surface area contributed by atoms with Gasteiger partial charge in [-0.05, 0) is 55.0 Å². The molecule has 0 heterocycles. The minimum atomic E-state index is -0.0677. The predicted molar refractivity (Wildman–Crippen MR) is 106 cm³/mol. The minimum Gasteiger partial charge on any atom is -0.325 e. The van der Waals surface area contributed by atoms with Crippen LogP contribution in [0.1, 0.15) is 43.0 Å². The molecule has 1 amide bonds. The van der Waals surface area contributed by atoms with Crippen molar-refractivity contribution in [3.05, 3.63) is 63.1 Å². The van der Waals surface area contributed by atoms with Crippen molar-refractivity contribution < 1.29 is 4.79 Å². The van der Waals surface area contributed by atoms with Crippen LogP contribution in [0.5, 0.6) is 0 Å². The molecule has 24 heavy (non-hydrogen) atoms. The highest BCUT2D eigenvalue weighted by molar-refractivity contribution is 9.10. The van der Waals surface area contributed by atoms with Gasteiger partial charge in [0.2, 0.25) is 5.91 Å². The zero-order valence-corrected chi connectivity index (χ0v) is 16.5. The van der Waals surface area contributed by atoms with Crippen LogP contribution in [0.2, 0.25) is 0 Å². The summed E-state index contributed by atoms with van der Waals surface area (Å²) in [6.07, 6.45) is 2.59. The second-order valence-electron chi connectivity index (χ2n) is 6.39. The van der Waals surface area contributed by atoms with E-state index in [1.54, 1.807) is 0 Å². The molecule has 0 radical (unpaired) electrons. The van der Waals surface area contributed by atoms with Gasteiger partial charge in [0.25, 0.3) is 0 Å². The Morgan fingerprint density at radius 1 is 1.08 bits per heavy atom. The van der Waals surface area contributed by atoms with E-state index in [-0.39, 0.29) is 11.8 Å². The summed E-state index contributed by atoms with van der Waals surface area (Å²) in [5, 5.41) is 3.19. The number of anilines is 1. The lowest BCUT2D eigenvalue weighted by Crippen LogP contribution is -2.23. The average Bonchev–Trinajstić information content (AvgIpc) is 2.57. The van der Waals surface area contributed by atoms with Gasteiger partial charge in [-0.2, -0.15) is 0 Å². The van der Waals surface area contributed by atoms with Crippen molar-refractivity contribution in [2.24, 2.45) is 5.92 Å². The SMILES string of the molecule is CCc1cc(C)cc(CC)c1NC(=O)C(C)Cc1ccc(Br)cc1. The highest BCUT2D eigenvalue weighted by Crippen LogP contribution is 2.26. The number of halogens is 1. The Balaban J connectivity index is 2.15. The number of carbonyl (C=O) groups excluding carboxylic acids is 1. The molecule has 2 aromatic rings. The van der Waals surface area contributed by atoms with E-state index in [4.69, 9.17) is 0 Å². The van der Waals surface area contributed by atoms with Gasteiger partial charge in [-0.15, -0.1) is 0 Å². The van der Waals surface area contributed by atoms with Crippen LogP contribution < -0.4 is 5.32 Å². The summed E-state index contributed by atoms with van der Waals surface area (Å²) < 4.78 is 1.06. The van der Waals surface area contributed by atoms with Crippen molar-refractivity contribution in [1.29, 1.82) is 0 Å². The Hall–Kier alpha value is -1.61. The van der Waals surface area contributed by atoms with Gasteiger partial charge in [0.15, 0.2) is 0 Å². The Bertz CT molecular complexity index is 681. The first-order chi connectivity index (χ1) is 11.4. The van der Waals surface area contributed by atoms with Crippen molar-refractivity contribution in [2.75, 3.05) is 5.32 Å². The molecular weight excluding hydrogens is 362 g/mol. The molecule has 0 aliphatic carbocycles. The molecule has 0 aliphatic rings. The number of amides is 1. The molecular formula is C21H26BrNO. The molecule has 128 valence electrons. The van der Waals surface area contributed by atoms with Gasteiger partial charge in [0.05, 0.1) is 0 Å². The molecule has 1 N–H and O–H groups in total. The zero-order valence-electron chi connectivity index (χ0n) is 14.9. The van der Waals surface area contributed by atoms with Crippen molar-refractivity contribution in [3.63, 3.8) is 0 Å². The average molecular weight is 388 g/mol. The van der Waals surface area contributed by atoms with E-state index in [1.807, 2.05) is 19.1 Å². The second kappa shape index (κ2) is 8.48. The van der Waals surface area contributed by atoms with Gasteiger partial charge in [-0.1, -0.05) is 66.5 Å². The highest BCUT2D eigenvalue weighted by atomic mass is 79.9. The molecule has 1 atom stereocenters. The van der Waals surface area contributed by atoms with Gasteiger partial charge in [-0.25, -0.2) is 0 Å². The quantitative estimate of drug-likeness (QED) is 0.676. The largest absolute Gasteiger partial charge is 0.325 e. The number of rotatable bonds is 6. The summed E-state index contributed by atoms with van der Waals surface area (Å²) in [6.45, 7) is 8.37. The lowest BCUT2D eigenvalue weighted by Gasteiger charge is -2.18. The molecule has 2 aromatic carbocycles. The lowest BCUT2D eigenvalue weighted by atomic mass is 9.97. The molecule has 0 aromatic heterocycles. The molecule has 0 spiro atoms. The maximum Gasteiger partial charge on any atom is 0.227 e. The maximum absolute atomic E-state index is 12.7. The van der Waals surface area contributed by atoms with Gasteiger partial charge in [-0.3, -0.25) is 4.79 Å². The molecule has 0 aliphatic heterocycles. The normalized spacial score (nSPS) is 12.0. The Morgan fingerprint density at radius 2 is 1.62 bits per heavy atom. The summed E-state index contributed by atoms with van der Waals surface area (Å²) in [5.41, 5.74) is 5.88. The second-order valence-corrected chi connectivity index (χ2v) is 7.30. The number of aryl methyl sites for hydroxylation is 3. The Kier molecular flexibility index (Phi) is 6.61. The van der Waals surface area contributed by atoms with E-state index in [0.717, 1.165) is 29.4 Å². The summed E-state index contributed by atoms with van der Waals surface area (Å²) >= 11 is 3.44. The van der Waals surface area contributed by atoms with E-state index in [9.17, 15) is 4.79 Å². The van der Waals surface area contributed by atoms with Crippen LogP contribution in [0.4, 0.5) is 5.69 Å². The van der Waals surface area contributed by atoms with E-state index >= 15 is 0 Å². The highest BCUT2D eigenvalue weighted by Gasteiger charge is 2.17. The molecule has 0 fully saturated rings. The van der Waals surface area contributed by atoms with Crippen LogP contribution in [-0.2, 0) is 24.1 Å². The summed E-state index contributed by atoms with van der Waals surface area (Å²) in [5.74, 6) is 0.0214. The van der Waals surface area contributed by atoms with Gasteiger partial charge < -0.3 is 5.32 Å². The smallest absolute Gasteiger partial charge is 0.227 e. The van der Waals surface area contributed by atoms with Crippen molar-refractivity contribution in [2.45, 2.75) is 47.0 Å². The summed E-state index contributed by atoms with van der Waals surface area (Å²) in [7, 11) is 0. The summed E-state index contributed by atoms with van der Waals surface area (Å²) in [4.78, 5) is 12.7. The van der Waals surface area contributed by atoms with E-state index in [2.05, 4.69) is 66.3 Å². The molecule has 0 bridgehead atoms. The topological polar surface area (TPSA) is 29.1 Å². The lowest BCUT2D eigenvalue weighted by molar-refractivity contribution is -0.119. The van der Waals surface area contributed by atoms with Crippen LogP contribution >= 0.6 is 15.9 Å². The third-order valence-corrected chi connectivity index (χ3v) is 4.89. The van der Waals surface area contributed by atoms with E-state index in [0.29, 0.717) is 0 Å². The zero-order chi connectivity index (χ0) is 17.7. The molecule has 2 nitrogen and oxygen atoms in total. The fourth-order valence-corrected chi connectivity index (χ4v) is 3.24. The molecule has 0 saturated carbocycles. The maximum atomic E-state index is 12.7. The van der Waals surface area contributed by atoms with Crippen LogP contribution in [0.25, 0.3) is 0 Å². The van der Waals surface area contributed by atoms with E-state index in [1.165, 1.54) is 22.3 Å². The fraction of sp³-hybridized carbons (Fsp3) is 0.381. The molecule has 2 rings (SSSR count). The van der Waals surface area contributed by atoms with Gasteiger partial charge in [0, 0.05) is 16.1 Å². The molecule has 3 heteroatoms. The first-order valence-corrected chi connectivity index (χ1v) is 9.41. The van der Waals surface area contributed by atoms with Crippen LogP contribution in [-0.4, -0.2) is 5.91 Å².